The lowest BCUT2D eigenvalue weighted by atomic mass is 10.1. The first-order chi connectivity index (χ1) is 10.2. The third kappa shape index (κ3) is 3.65. The third-order valence-electron chi connectivity index (χ3n) is 3.61. The number of nitrogens with zero attached hydrogens (tertiary/aromatic N) is 2. The molecule has 0 radical (unpaired) electrons. The number of hydrogen-bond acceptors (Lipinski definition) is 4. The first kappa shape index (κ1) is 15.6. The molecule has 0 fully saturated rings. The minimum Gasteiger partial charge on any atom is -0.366 e. The van der Waals surface area contributed by atoms with E-state index in [1.54, 1.807) is 0 Å². The van der Waals surface area contributed by atoms with E-state index in [0.717, 1.165) is 16.8 Å². The highest BCUT2D eigenvalue weighted by Crippen LogP contribution is 2.24. The molecule has 1 N–H and O–H groups in total. The van der Waals surface area contributed by atoms with Crippen molar-refractivity contribution in [2.45, 2.75) is 32.9 Å². The Hall–Kier alpha value is -1.78. The number of aromatic nitrogens is 2. The van der Waals surface area contributed by atoms with E-state index in [9.17, 15) is 0 Å². The van der Waals surface area contributed by atoms with Gasteiger partial charge in [-0.25, -0.2) is 9.97 Å². The minimum absolute atomic E-state index is 0.214. The highest BCUT2D eigenvalue weighted by Gasteiger charge is 2.19. The first-order valence-electron chi connectivity index (χ1n) is 7.34. The molecule has 21 heavy (non-hydrogen) atoms. The molecule has 2 aromatic rings. The van der Waals surface area contributed by atoms with Crippen molar-refractivity contribution >= 4 is 0 Å². The molecule has 0 spiro atoms. The van der Waals surface area contributed by atoms with Crippen LogP contribution in [-0.2, 0) is 4.74 Å². The lowest BCUT2D eigenvalue weighted by Crippen LogP contribution is -2.17. The topological polar surface area (TPSA) is 47.0 Å². The van der Waals surface area contributed by atoms with E-state index < -0.39 is 0 Å². The maximum Gasteiger partial charge on any atom is 0.162 e. The average molecular weight is 285 g/mol. The minimum atomic E-state index is -0.214. The molecule has 2 atom stereocenters. The predicted molar refractivity (Wildman–Crippen MR) is 84.2 cm³/mol. The molecule has 2 rings (SSSR count). The van der Waals surface area contributed by atoms with E-state index in [1.165, 1.54) is 0 Å². The Morgan fingerprint density at radius 1 is 1.24 bits per heavy atom. The van der Waals surface area contributed by atoms with E-state index in [4.69, 9.17) is 4.74 Å². The Morgan fingerprint density at radius 2 is 1.95 bits per heavy atom. The summed E-state index contributed by atoms with van der Waals surface area (Å²) in [6, 6.07) is 10.3. The molecule has 1 heterocycles. The SMILES string of the molecule is CCOC(c1ccccc1)c1ncc(C(C)NC)c(C)n1. The van der Waals surface area contributed by atoms with Crippen LogP contribution < -0.4 is 5.32 Å². The summed E-state index contributed by atoms with van der Waals surface area (Å²) in [6.07, 6.45) is 1.68. The zero-order valence-corrected chi connectivity index (χ0v) is 13.1. The van der Waals surface area contributed by atoms with Crippen molar-refractivity contribution in [3.63, 3.8) is 0 Å². The summed E-state index contributed by atoms with van der Waals surface area (Å²) in [7, 11) is 1.94. The van der Waals surface area contributed by atoms with Crippen molar-refractivity contribution in [2.24, 2.45) is 0 Å². The van der Waals surface area contributed by atoms with Crippen LogP contribution in [0.3, 0.4) is 0 Å². The molecule has 0 saturated carbocycles. The largest absolute Gasteiger partial charge is 0.366 e. The molecule has 4 heteroatoms. The van der Waals surface area contributed by atoms with Crippen LogP contribution in [0.1, 0.15) is 48.6 Å². The highest BCUT2D eigenvalue weighted by molar-refractivity contribution is 5.26. The second-order valence-corrected chi connectivity index (χ2v) is 5.03. The Kier molecular flexibility index (Phi) is 5.42. The predicted octanol–water partition coefficient (Wildman–Crippen LogP) is 3.19. The van der Waals surface area contributed by atoms with Crippen LogP contribution in [0.4, 0.5) is 0 Å². The molecule has 1 aromatic heterocycles. The van der Waals surface area contributed by atoms with Crippen molar-refractivity contribution in [1.82, 2.24) is 15.3 Å². The van der Waals surface area contributed by atoms with Crippen molar-refractivity contribution in [3.05, 3.63) is 59.2 Å². The van der Waals surface area contributed by atoms with Crippen LogP contribution in [-0.4, -0.2) is 23.6 Å². The fraction of sp³-hybridized carbons (Fsp3) is 0.412. The van der Waals surface area contributed by atoms with Crippen molar-refractivity contribution in [1.29, 1.82) is 0 Å². The van der Waals surface area contributed by atoms with Gasteiger partial charge in [0, 0.05) is 30.1 Å². The van der Waals surface area contributed by atoms with Gasteiger partial charge in [0.1, 0.15) is 6.10 Å². The van der Waals surface area contributed by atoms with Gasteiger partial charge in [-0.1, -0.05) is 30.3 Å². The second-order valence-electron chi connectivity index (χ2n) is 5.03. The van der Waals surface area contributed by atoms with Crippen LogP contribution in [0.2, 0.25) is 0 Å². The quantitative estimate of drug-likeness (QED) is 0.885. The number of rotatable bonds is 6. The number of ether oxygens (including phenoxy) is 1. The van der Waals surface area contributed by atoms with Crippen molar-refractivity contribution in [2.75, 3.05) is 13.7 Å². The van der Waals surface area contributed by atoms with Crippen molar-refractivity contribution < 1.29 is 4.74 Å². The van der Waals surface area contributed by atoms with E-state index in [-0.39, 0.29) is 12.1 Å². The summed E-state index contributed by atoms with van der Waals surface area (Å²) in [5.74, 6) is 0.715. The number of aryl methyl sites for hydroxylation is 1. The summed E-state index contributed by atoms with van der Waals surface area (Å²) in [5, 5.41) is 3.22. The van der Waals surface area contributed by atoms with E-state index in [1.807, 2.05) is 57.4 Å². The van der Waals surface area contributed by atoms with Gasteiger partial charge in [0.15, 0.2) is 5.82 Å². The van der Waals surface area contributed by atoms with E-state index in [2.05, 4.69) is 22.2 Å². The van der Waals surface area contributed by atoms with Crippen molar-refractivity contribution in [3.8, 4) is 0 Å². The molecule has 4 nitrogen and oxygen atoms in total. The Bertz CT molecular complexity index is 572. The summed E-state index contributed by atoms with van der Waals surface area (Å²) in [5.41, 5.74) is 3.18. The molecular formula is C17H23N3O. The van der Waals surface area contributed by atoms with Gasteiger partial charge in [0.05, 0.1) is 0 Å². The molecule has 0 aliphatic rings. The monoisotopic (exact) mass is 285 g/mol. The molecule has 2 unspecified atom stereocenters. The zero-order chi connectivity index (χ0) is 15.2. The Labute approximate surface area is 126 Å². The number of nitrogens with one attached hydrogen (secondary N) is 1. The molecule has 112 valence electrons. The van der Waals surface area contributed by atoms with Crippen LogP contribution in [0.15, 0.2) is 36.5 Å². The van der Waals surface area contributed by atoms with Gasteiger partial charge in [-0.05, 0) is 33.4 Å². The Morgan fingerprint density at radius 3 is 2.52 bits per heavy atom. The molecular weight excluding hydrogens is 262 g/mol. The summed E-state index contributed by atoms with van der Waals surface area (Å²) < 4.78 is 5.86. The number of hydrogen-bond donors (Lipinski definition) is 1. The summed E-state index contributed by atoms with van der Waals surface area (Å²) in [6.45, 7) is 6.72. The molecule has 0 amide bonds. The smallest absolute Gasteiger partial charge is 0.162 e. The van der Waals surface area contributed by atoms with E-state index in [0.29, 0.717) is 12.4 Å². The normalized spacial score (nSPS) is 13.9. The summed E-state index contributed by atoms with van der Waals surface area (Å²) >= 11 is 0. The highest BCUT2D eigenvalue weighted by atomic mass is 16.5. The zero-order valence-electron chi connectivity index (χ0n) is 13.1. The molecule has 0 aliphatic heterocycles. The van der Waals surface area contributed by atoms with Gasteiger partial charge in [-0.2, -0.15) is 0 Å². The average Bonchev–Trinajstić information content (AvgIpc) is 2.52. The van der Waals surface area contributed by atoms with Crippen LogP contribution in [0.25, 0.3) is 0 Å². The fourth-order valence-corrected chi connectivity index (χ4v) is 2.32. The van der Waals surface area contributed by atoms with Crippen LogP contribution in [0, 0.1) is 6.92 Å². The van der Waals surface area contributed by atoms with Gasteiger partial charge in [-0.15, -0.1) is 0 Å². The molecule has 0 bridgehead atoms. The fourth-order valence-electron chi connectivity index (χ4n) is 2.32. The molecule has 0 saturated heterocycles. The maximum atomic E-state index is 5.86. The molecule has 1 aromatic carbocycles. The van der Waals surface area contributed by atoms with E-state index >= 15 is 0 Å². The van der Waals surface area contributed by atoms with Crippen LogP contribution >= 0.6 is 0 Å². The van der Waals surface area contributed by atoms with Gasteiger partial charge < -0.3 is 10.1 Å². The number of benzene rings is 1. The Balaban J connectivity index is 2.36. The van der Waals surface area contributed by atoms with Gasteiger partial charge >= 0.3 is 0 Å². The maximum absolute atomic E-state index is 5.86. The van der Waals surface area contributed by atoms with Crippen LogP contribution in [0.5, 0.6) is 0 Å². The lowest BCUT2D eigenvalue weighted by molar-refractivity contribution is 0.0849. The third-order valence-corrected chi connectivity index (χ3v) is 3.61. The first-order valence-corrected chi connectivity index (χ1v) is 7.34. The lowest BCUT2D eigenvalue weighted by Gasteiger charge is -2.19. The van der Waals surface area contributed by atoms with Gasteiger partial charge in [-0.3, -0.25) is 0 Å². The van der Waals surface area contributed by atoms with Gasteiger partial charge in [0.25, 0.3) is 0 Å². The standard InChI is InChI=1S/C17H23N3O/c1-5-21-16(14-9-7-6-8-10-14)17-19-11-15(12(2)18-4)13(3)20-17/h6-12,16,18H,5H2,1-4H3. The molecule has 0 aliphatic carbocycles. The second kappa shape index (κ2) is 7.29. The summed E-state index contributed by atoms with van der Waals surface area (Å²) in [4.78, 5) is 9.19. The van der Waals surface area contributed by atoms with Gasteiger partial charge in [0.2, 0.25) is 0 Å².